The van der Waals surface area contributed by atoms with Crippen molar-refractivity contribution in [2.24, 2.45) is 17.8 Å². The number of carbonyl (C=O) groups excluding carboxylic acids is 1. The van der Waals surface area contributed by atoms with Crippen LogP contribution in [0.15, 0.2) is 89.8 Å². The molecule has 1 aromatic carbocycles. The Bertz CT molecular complexity index is 1250. The van der Waals surface area contributed by atoms with Crippen LogP contribution < -0.4 is 10.1 Å². The highest BCUT2D eigenvalue weighted by Crippen LogP contribution is 2.37. The van der Waals surface area contributed by atoms with E-state index in [0.29, 0.717) is 30.5 Å². The molecule has 6 heteroatoms. The van der Waals surface area contributed by atoms with Crippen molar-refractivity contribution in [2.45, 2.75) is 46.6 Å². The number of allylic oxidation sites excluding steroid dienone is 7. The van der Waals surface area contributed by atoms with Crippen molar-refractivity contribution in [2.75, 3.05) is 20.4 Å². The van der Waals surface area contributed by atoms with E-state index in [1.165, 1.54) is 11.1 Å². The lowest BCUT2D eigenvalue weighted by molar-refractivity contribution is 0.0497. The van der Waals surface area contributed by atoms with Gasteiger partial charge in [-0.1, -0.05) is 67.1 Å². The van der Waals surface area contributed by atoms with Crippen LogP contribution in [0.25, 0.3) is 0 Å². The van der Waals surface area contributed by atoms with E-state index in [0.717, 1.165) is 36.3 Å². The molecule has 2 aromatic rings. The van der Waals surface area contributed by atoms with Crippen LogP contribution in [0.2, 0.25) is 0 Å². The maximum atomic E-state index is 13.2. The largest absolute Gasteiger partial charge is 0.489 e. The van der Waals surface area contributed by atoms with E-state index in [9.17, 15) is 4.79 Å². The lowest BCUT2D eigenvalue weighted by atomic mass is 9.76. The molecule has 3 unspecified atom stereocenters. The predicted molar refractivity (Wildman–Crippen MR) is 154 cm³/mol. The predicted octanol–water partition coefficient (Wildman–Crippen LogP) is 6.56. The van der Waals surface area contributed by atoms with Crippen LogP contribution in [0.5, 0.6) is 5.75 Å². The zero-order valence-corrected chi connectivity index (χ0v) is 23.5. The number of nitrogens with zero attached hydrogens (tertiary/aromatic N) is 1. The Morgan fingerprint density at radius 1 is 1.08 bits per heavy atom. The molecule has 0 fully saturated rings. The molecule has 1 heterocycles. The minimum Gasteiger partial charge on any atom is -0.489 e. The molecule has 3 atom stereocenters. The second-order valence-corrected chi connectivity index (χ2v) is 10.4. The molecule has 0 saturated carbocycles. The molecular weight excluding hydrogens is 488 g/mol. The summed E-state index contributed by atoms with van der Waals surface area (Å²) in [5.74, 6) is 2.13. The van der Waals surface area contributed by atoms with Gasteiger partial charge in [-0.2, -0.15) is 0 Å². The maximum Gasteiger partial charge on any atom is 0.273 e. The summed E-state index contributed by atoms with van der Waals surface area (Å²) in [6.45, 7) is 7.71. The Balaban J connectivity index is 1.43. The number of ether oxygens (including phenoxy) is 3. The molecule has 0 spiro atoms. The second kappa shape index (κ2) is 13.9. The monoisotopic (exact) mass is 528 g/mol. The quantitative estimate of drug-likeness (QED) is 0.316. The summed E-state index contributed by atoms with van der Waals surface area (Å²) in [7, 11) is 1.56. The normalized spacial score (nSPS) is 20.5. The number of amides is 1. The fourth-order valence-electron chi connectivity index (χ4n) is 5.10. The number of methoxy groups -OCH3 is 1. The summed E-state index contributed by atoms with van der Waals surface area (Å²) in [5.41, 5.74) is 4.78. The average molecular weight is 529 g/mol. The smallest absolute Gasteiger partial charge is 0.273 e. The summed E-state index contributed by atoms with van der Waals surface area (Å²) >= 11 is 0. The molecule has 1 amide bonds. The Morgan fingerprint density at radius 3 is 2.64 bits per heavy atom. The SMILES string of the molecule is COCOc1ccc(CC2C(C)=CC(OCc3ccccc3)=C(C)C2C)nc1C(=O)NCCC1C=CC=CC1. The molecule has 1 N–H and O–H groups in total. The fourth-order valence-corrected chi connectivity index (χ4v) is 5.10. The highest BCUT2D eigenvalue weighted by Gasteiger charge is 2.28. The van der Waals surface area contributed by atoms with Gasteiger partial charge in [0.25, 0.3) is 5.91 Å². The third-order valence-corrected chi connectivity index (χ3v) is 7.62. The third-order valence-electron chi connectivity index (χ3n) is 7.62. The minimum atomic E-state index is -0.227. The summed E-state index contributed by atoms with van der Waals surface area (Å²) in [6, 6.07) is 14.0. The summed E-state index contributed by atoms with van der Waals surface area (Å²) in [5, 5.41) is 3.04. The highest BCUT2D eigenvalue weighted by atomic mass is 16.7. The molecule has 0 bridgehead atoms. The molecule has 0 saturated heterocycles. The standard InChI is InChI=1S/C33H40N2O4/c1-23-19-31(38-21-27-13-9-6-10-14-27)25(3)24(2)29(23)20-28-15-16-30(39-22-37-4)32(35-28)33(36)34-18-17-26-11-7-5-8-12-26/h5-11,13-16,19,24,26,29H,12,17-18,20-22H2,1-4H3,(H,34,36). The highest BCUT2D eigenvalue weighted by molar-refractivity contribution is 5.95. The van der Waals surface area contributed by atoms with Gasteiger partial charge in [-0.3, -0.25) is 4.79 Å². The van der Waals surface area contributed by atoms with E-state index in [2.05, 4.69) is 68.6 Å². The van der Waals surface area contributed by atoms with E-state index < -0.39 is 0 Å². The fraction of sp³-hybridized carbons (Fsp3) is 0.394. The Hall–Kier alpha value is -3.64. The van der Waals surface area contributed by atoms with E-state index in [4.69, 9.17) is 19.2 Å². The van der Waals surface area contributed by atoms with Crippen LogP contribution in [0.4, 0.5) is 0 Å². The summed E-state index contributed by atoms with van der Waals surface area (Å²) < 4.78 is 17.0. The van der Waals surface area contributed by atoms with Crippen molar-refractivity contribution < 1.29 is 19.0 Å². The van der Waals surface area contributed by atoms with Crippen LogP contribution in [0.3, 0.4) is 0 Å². The number of aromatic nitrogens is 1. The second-order valence-electron chi connectivity index (χ2n) is 10.4. The van der Waals surface area contributed by atoms with Gasteiger partial charge in [0.2, 0.25) is 0 Å². The van der Waals surface area contributed by atoms with Crippen molar-refractivity contribution in [3.8, 4) is 5.75 Å². The summed E-state index contributed by atoms with van der Waals surface area (Å²) in [4.78, 5) is 17.9. The first-order valence-electron chi connectivity index (χ1n) is 13.7. The zero-order chi connectivity index (χ0) is 27.6. The van der Waals surface area contributed by atoms with Crippen LogP contribution >= 0.6 is 0 Å². The van der Waals surface area contributed by atoms with Crippen molar-refractivity contribution in [1.82, 2.24) is 10.3 Å². The van der Waals surface area contributed by atoms with E-state index in [-0.39, 0.29) is 24.5 Å². The van der Waals surface area contributed by atoms with Crippen LogP contribution in [0, 0.1) is 17.8 Å². The number of pyridine rings is 1. The lowest BCUT2D eigenvalue weighted by Crippen LogP contribution is -2.28. The number of nitrogens with one attached hydrogen (secondary N) is 1. The van der Waals surface area contributed by atoms with Crippen LogP contribution in [-0.4, -0.2) is 31.3 Å². The average Bonchev–Trinajstić information content (AvgIpc) is 2.96. The van der Waals surface area contributed by atoms with Crippen LogP contribution in [-0.2, 0) is 22.5 Å². The first-order chi connectivity index (χ1) is 19.0. The van der Waals surface area contributed by atoms with Gasteiger partial charge in [-0.05, 0) is 80.2 Å². The van der Waals surface area contributed by atoms with Gasteiger partial charge in [-0.25, -0.2) is 4.98 Å². The van der Waals surface area contributed by atoms with Gasteiger partial charge >= 0.3 is 0 Å². The molecule has 2 aliphatic rings. The Kier molecular flexibility index (Phi) is 10.1. The molecular formula is C33H40N2O4. The first kappa shape index (κ1) is 28.4. The number of hydrogen-bond acceptors (Lipinski definition) is 5. The van der Waals surface area contributed by atoms with E-state index in [1.807, 2.05) is 30.3 Å². The van der Waals surface area contributed by atoms with Gasteiger partial charge in [0, 0.05) is 19.3 Å². The summed E-state index contributed by atoms with van der Waals surface area (Å²) in [6.07, 6.45) is 13.2. The lowest BCUT2D eigenvalue weighted by Gasteiger charge is -2.31. The Morgan fingerprint density at radius 2 is 1.90 bits per heavy atom. The van der Waals surface area contributed by atoms with Crippen molar-refractivity contribution in [3.63, 3.8) is 0 Å². The van der Waals surface area contributed by atoms with Gasteiger partial charge < -0.3 is 19.5 Å². The first-order valence-corrected chi connectivity index (χ1v) is 13.7. The topological polar surface area (TPSA) is 69.7 Å². The van der Waals surface area contributed by atoms with Crippen molar-refractivity contribution in [3.05, 3.63) is 107 Å². The number of benzene rings is 1. The molecule has 6 nitrogen and oxygen atoms in total. The molecule has 206 valence electrons. The molecule has 2 aliphatic carbocycles. The molecule has 0 aliphatic heterocycles. The molecule has 39 heavy (non-hydrogen) atoms. The van der Waals surface area contributed by atoms with E-state index in [1.54, 1.807) is 7.11 Å². The van der Waals surface area contributed by atoms with Gasteiger partial charge in [-0.15, -0.1) is 0 Å². The molecule has 4 rings (SSSR count). The third kappa shape index (κ3) is 7.70. The Labute approximate surface area is 232 Å². The van der Waals surface area contributed by atoms with Crippen molar-refractivity contribution >= 4 is 5.91 Å². The van der Waals surface area contributed by atoms with E-state index >= 15 is 0 Å². The molecule has 0 radical (unpaired) electrons. The maximum absolute atomic E-state index is 13.2. The number of hydrogen-bond donors (Lipinski definition) is 1. The van der Waals surface area contributed by atoms with Crippen molar-refractivity contribution in [1.29, 1.82) is 0 Å². The van der Waals surface area contributed by atoms with Gasteiger partial charge in [0.1, 0.15) is 12.4 Å². The van der Waals surface area contributed by atoms with Gasteiger partial charge in [0.05, 0.1) is 0 Å². The molecule has 1 aromatic heterocycles. The zero-order valence-electron chi connectivity index (χ0n) is 23.5. The number of rotatable bonds is 12. The van der Waals surface area contributed by atoms with Gasteiger partial charge in [0.15, 0.2) is 18.2 Å². The van der Waals surface area contributed by atoms with Crippen LogP contribution in [0.1, 0.15) is 55.4 Å². The minimum absolute atomic E-state index is 0.0533. The number of carbonyl (C=O) groups is 1.